The molecule has 1 aromatic carbocycles. The topological polar surface area (TPSA) is 63.7 Å². The van der Waals surface area contributed by atoms with Crippen molar-refractivity contribution in [3.05, 3.63) is 40.9 Å². The molecule has 27 heavy (non-hydrogen) atoms. The van der Waals surface area contributed by atoms with Crippen LogP contribution in [0.25, 0.3) is 10.2 Å². The molecule has 1 fully saturated rings. The molecule has 1 unspecified atom stereocenters. The minimum atomic E-state index is -0.155. The fourth-order valence-corrected chi connectivity index (χ4v) is 4.68. The van der Waals surface area contributed by atoms with Crippen molar-refractivity contribution in [2.24, 2.45) is 0 Å². The second kappa shape index (κ2) is 6.21. The zero-order valence-electron chi connectivity index (χ0n) is 15.1. The fourth-order valence-electron chi connectivity index (χ4n) is 3.72. The number of carbonyl (C=O) groups excluding carboxylic acids is 1. The lowest BCUT2D eigenvalue weighted by molar-refractivity contribution is 0.141. The maximum absolute atomic E-state index is 12.9. The van der Waals surface area contributed by atoms with E-state index in [1.54, 1.807) is 22.4 Å². The molecule has 2 aliphatic heterocycles. The summed E-state index contributed by atoms with van der Waals surface area (Å²) in [5.74, 6) is 0.802. The van der Waals surface area contributed by atoms with Crippen molar-refractivity contribution in [2.45, 2.75) is 26.4 Å². The highest BCUT2D eigenvalue weighted by Crippen LogP contribution is 2.46. The molecule has 1 saturated heterocycles. The molecule has 0 bridgehead atoms. The lowest BCUT2D eigenvalue weighted by atomic mass is 10.1. The third-order valence-electron chi connectivity index (χ3n) is 5.02. The molecule has 0 saturated carbocycles. The van der Waals surface area contributed by atoms with Crippen LogP contribution in [0.5, 0.6) is 5.75 Å². The number of hydrogen-bond donors (Lipinski definition) is 1. The lowest BCUT2D eigenvalue weighted by Gasteiger charge is -2.29. The Labute approximate surface area is 160 Å². The summed E-state index contributed by atoms with van der Waals surface area (Å²) in [5, 5.41) is 4.03. The Balaban J connectivity index is 1.56. The van der Waals surface area contributed by atoms with Crippen LogP contribution in [-0.4, -0.2) is 30.3 Å². The molecule has 7 heteroatoms. The number of ether oxygens (including phenoxy) is 2. The molecular formula is C20H19N3O3S. The summed E-state index contributed by atoms with van der Waals surface area (Å²) in [5.41, 5.74) is 3.55. The van der Waals surface area contributed by atoms with Crippen molar-refractivity contribution in [3.63, 3.8) is 0 Å². The Morgan fingerprint density at radius 3 is 2.96 bits per heavy atom. The molecule has 6 nitrogen and oxygen atoms in total. The monoisotopic (exact) mass is 381 g/mol. The summed E-state index contributed by atoms with van der Waals surface area (Å²) < 4.78 is 11.4. The highest BCUT2D eigenvalue weighted by atomic mass is 32.1. The number of nitrogens with one attached hydrogen (secondary N) is 1. The van der Waals surface area contributed by atoms with E-state index in [1.165, 1.54) is 0 Å². The predicted octanol–water partition coefficient (Wildman–Crippen LogP) is 4.76. The maximum Gasteiger partial charge on any atom is 0.331 e. The van der Waals surface area contributed by atoms with Gasteiger partial charge in [-0.3, -0.25) is 4.90 Å². The van der Waals surface area contributed by atoms with Crippen LogP contribution >= 0.6 is 11.3 Å². The quantitative estimate of drug-likeness (QED) is 0.710. The zero-order chi connectivity index (χ0) is 18.5. The van der Waals surface area contributed by atoms with Gasteiger partial charge in [0, 0.05) is 17.5 Å². The number of aryl methyl sites for hydroxylation is 2. The van der Waals surface area contributed by atoms with Crippen molar-refractivity contribution in [3.8, 4) is 5.75 Å². The largest absolute Gasteiger partial charge is 0.488 e. The summed E-state index contributed by atoms with van der Waals surface area (Å²) in [4.78, 5) is 21.1. The molecule has 2 aliphatic rings. The van der Waals surface area contributed by atoms with Crippen molar-refractivity contribution in [1.82, 2.24) is 4.98 Å². The van der Waals surface area contributed by atoms with E-state index in [-0.39, 0.29) is 12.1 Å². The van der Waals surface area contributed by atoms with E-state index in [2.05, 4.69) is 10.3 Å². The van der Waals surface area contributed by atoms with E-state index in [0.29, 0.717) is 6.61 Å². The van der Waals surface area contributed by atoms with E-state index < -0.39 is 0 Å². The summed E-state index contributed by atoms with van der Waals surface area (Å²) in [6.07, 6.45) is 2.77. The molecular weight excluding hydrogens is 362 g/mol. The Morgan fingerprint density at radius 1 is 1.30 bits per heavy atom. The van der Waals surface area contributed by atoms with Crippen LogP contribution in [0, 0.1) is 13.8 Å². The molecule has 1 atom stereocenters. The molecule has 3 aromatic rings. The predicted molar refractivity (Wildman–Crippen MR) is 107 cm³/mol. The Kier molecular flexibility index (Phi) is 3.80. The Hall–Kier alpha value is -2.64. The molecule has 0 aliphatic carbocycles. The van der Waals surface area contributed by atoms with E-state index in [1.807, 2.05) is 38.1 Å². The highest BCUT2D eigenvalue weighted by molar-refractivity contribution is 7.19. The Bertz CT molecular complexity index is 1060. The average molecular weight is 381 g/mol. The Morgan fingerprint density at radius 2 is 2.19 bits per heavy atom. The van der Waals surface area contributed by atoms with Crippen LogP contribution in [0.15, 0.2) is 30.5 Å². The van der Waals surface area contributed by atoms with Gasteiger partial charge in [-0.25, -0.2) is 9.78 Å². The number of carbonyl (C=O) groups is 1. The van der Waals surface area contributed by atoms with E-state index in [9.17, 15) is 4.79 Å². The first-order valence-corrected chi connectivity index (χ1v) is 9.78. The molecule has 0 spiro atoms. The van der Waals surface area contributed by atoms with Crippen LogP contribution in [-0.2, 0) is 4.74 Å². The number of aromatic nitrogens is 1. The number of benzene rings is 1. The van der Waals surface area contributed by atoms with Crippen LogP contribution < -0.4 is 15.0 Å². The highest BCUT2D eigenvalue weighted by Gasteiger charge is 2.30. The summed E-state index contributed by atoms with van der Waals surface area (Å²) in [6, 6.07) is 7.58. The smallest absolute Gasteiger partial charge is 0.331 e. The lowest BCUT2D eigenvalue weighted by Crippen LogP contribution is -2.34. The van der Waals surface area contributed by atoms with Gasteiger partial charge in [0.25, 0.3) is 0 Å². The van der Waals surface area contributed by atoms with Gasteiger partial charge in [-0.15, -0.1) is 11.3 Å². The maximum atomic E-state index is 12.9. The minimum Gasteiger partial charge on any atom is -0.488 e. The first kappa shape index (κ1) is 16.5. The molecule has 0 radical (unpaired) electrons. The van der Waals surface area contributed by atoms with Crippen LogP contribution in [0.4, 0.5) is 21.9 Å². The van der Waals surface area contributed by atoms with Gasteiger partial charge < -0.3 is 14.8 Å². The number of rotatable bonds is 3. The molecule has 5 rings (SSSR count). The molecule has 138 valence electrons. The normalized spacial score (nSPS) is 18.8. The van der Waals surface area contributed by atoms with Crippen LogP contribution in [0.2, 0.25) is 0 Å². The van der Waals surface area contributed by atoms with E-state index >= 15 is 0 Å². The van der Waals surface area contributed by atoms with Gasteiger partial charge in [-0.2, -0.15) is 0 Å². The summed E-state index contributed by atoms with van der Waals surface area (Å²) >= 11 is 1.60. The molecule has 2 aromatic heterocycles. The average Bonchev–Trinajstić information content (AvgIpc) is 3.26. The molecule has 2 amide bonds. The van der Waals surface area contributed by atoms with E-state index in [4.69, 9.17) is 9.47 Å². The number of amides is 2. The van der Waals surface area contributed by atoms with Crippen LogP contribution in [0.3, 0.4) is 0 Å². The number of thiophene rings is 1. The fraction of sp³-hybridized carbons (Fsp3) is 0.300. The molecule has 1 N–H and O–H groups in total. The van der Waals surface area contributed by atoms with Gasteiger partial charge in [-0.1, -0.05) is 0 Å². The standard InChI is InChI=1S/C20H19N3O3S/c1-11-9-13(26-14-6-8-25-10-14)3-4-15(11)23-16-5-7-21-19-17(16)18(12(2)27-19)22-20(23)24/h3-5,7,9,14H,6,8,10H2,1-2H3,(H,22,24). The van der Waals surface area contributed by atoms with Crippen molar-refractivity contribution >= 4 is 44.6 Å². The van der Waals surface area contributed by atoms with Crippen molar-refractivity contribution in [2.75, 3.05) is 23.4 Å². The minimum absolute atomic E-state index is 0.102. The second-order valence-electron chi connectivity index (χ2n) is 6.86. The van der Waals surface area contributed by atoms with Gasteiger partial charge in [-0.05, 0) is 43.7 Å². The summed E-state index contributed by atoms with van der Waals surface area (Å²) in [7, 11) is 0. The third-order valence-corrected chi connectivity index (χ3v) is 6.03. The number of pyridine rings is 1. The summed E-state index contributed by atoms with van der Waals surface area (Å²) in [6.45, 7) is 5.37. The number of anilines is 3. The SMILES string of the molecule is Cc1cc(OC2CCOC2)ccc1N1C(=O)Nc2c(C)sc3nccc1c23. The number of hydrogen-bond acceptors (Lipinski definition) is 5. The third kappa shape index (κ3) is 2.65. The second-order valence-corrected chi connectivity index (χ2v) is 8.06. The van der Waals surface area contributed by atoms with Crippen LogP contribution in [0.1, 0.15) is 16.9 Å². The van der Waals surface area contributed by atoms with Crippen molar-refractivity contribution in [1.29, 1.82) is 0 Å². The van der Waals surface area contributed by atoms with Gasteiger partial charge in [0.2, 0.25) is 0 Å². The first-order chi connectivity index (χ1) is 13.1. The van der Waals surface area contributed by atoms with Gasteiger partial charge in [0.1, 0.15) is 16.7 Å². The zero-order valence-corrected chi connectivity index (χ0v) is 15.9. The number of nitrogens with zero attached hydrogens (tertiary/aromatic N) is 2. The van der Waals surface area contributed by atoms with Gasteiger partial charge >= 0.3 is 6.03 Å². The van der Waals surface area contributed by atoms with E-state index in [0.717, 1.165) is 56.5 Å². The van der Waals surface area contributed by atoms with Gasteiger partial charge in [0.05, 0.1) is 35.7 Å². The van der Waals surface area contributed by atoms with Crippen molar-refractivity contribution < 1.29 is 14.3 Å². The molecule has 4 heterocycles. The van der Waals surface area contributed by atoms with Gasteiger partial charge in [0.15, 0.2) is 0 Å². The first-order valence-electron chi connectivity index (χ1n) is 8.96. The number of urea groups is 1.